The minimum absolute atomic E-state index is 0.115. The van der Waals surface area contributed by atoms with Gasteiger partial charge < -0.3 is 5.11 Å². The second kappa shape index (κ2) is 6.36. The van der Waals surface area contributed by atoms with Crippen molar-refractivity contribution in [3.8, 4) is 10.6 Å². The Morgan fingerprint density at radius 1 is 1.11 bits per heavy atom. The van der Waals surface area contributed by atoms with Crippen LogP contribution in [0, 0.1) is 0 Å². The van der Waals surface area contributed by atoms with Gasteiger partial charge in [0, 0.05) is 10.9 Å². The minimum Gasteiger partial charge on any atom is -0.478 e. The predicted molar refractivity (Wildman–Crippen MR) is 110 cm³/mol. The lowest BCUT2D eigenvalue weighted by atomic mass is 10.1. The summed E-state index contributed by atoms with van der Waals surface area (Å²) in [5.41, 5.74) is 3.09. The van der Waals surface area contributed by atoms with E-state index in [0.717, 1.165) is 16.6 Å². The van der Waals surface area contributed by atoms with Crippen LogP contribution < -0.4 is 10.1 Å². The fourth-order valence-corrected chi connectivity index (χ4v) is 4.76. The fourth-order valence-electron chi connectivity index (χ4n) is 3.02. The SMILES string of the molecule is O=C(O)c1cccc(-c2nc(/C=c3\sc4nc5ccccc5n4c3=O)cs2)c1. The number of para-hydroxylation sites is 2. The number of carboxylic acid groups (broad SMARTS) is 1. The molecule has 0 aliphatic rings. The molecule has 0 fully saturated rings. The van der Waals surface area contributed by atoms with Crippen molar-refractivity contribution in [2.75, 3.05) is 0 Å². The van der Waals surface area contributed by atoms with Gasteiger partial charge in [0.1, 0.15) is 5.01 Å². The van der Waals surface area contributed by atoms with Crippen molar-refractivity contribution in [2.24, 2.45) is 0 Å². The van der Waals surface area contributed by atoms with Crippen LogP contribution in [0.15, 0.2) is 58.7 Å². The highest BCUT2D eigenvalue weighted by Gasteiger charge is 2.12. The highest BCUT2D eigenvalue weighted by molar-refractivity contribution is 7.15. The van der Waals surface area contributed by atoms with E-state index in [2.05, 4.69) is 9.97 Å². The van der Waals surface area contributed by atoms with Crippen molar-refractivity contribution in [3.63, 3.8) is 0 Å². The molecule has 0 saturated heterocycles. The third-order valence-electron chi connectivity index (χ3n) is 4.30. The van der Waals surface area contributed by atoms with Crippen LogP contribution in [0.3, 0.4) is 0 Å². The summed E-state index contributed by atoms with van der Waals surface area (Å²) in [6.45, 7) is 0. The van der Waals surface area contributed by atoms with Crippen molar-refractivity contribution in [3.05, 3.63) is 80.1 Å². The third-order valence-corrected chi connectivity index (χ3v) is 6.18. The van der Waals surface area contributed by atoms with Crippen LogP contribution >= 0.6 is 22.7 Å². The Bertz CT molecular complexity index is 1480. The first-order valence-electron chi connectivity index (χ1n) is 8.31. The van der Waals surface area contributed by atoms with Gasteiger partial charge in [0.25, 0.3) is 5.56 Å². The average molecular weight is 405 g/mol. The predicted octanol–water partition coefficient (Wildman–Crippen LogP) is 3.28. The molecular formula is C20H11N3O3S2. The maximum absolute atomic E-state index is 12.8. The zero-order chi connectivity index (χ0) is 19.3. The zero-order valence-electron chi connectivity index (χ0n) is 14.2. The van der Waals surface area contributed by atoms with Crippen molar-refractivity contribution < 1.29 is 9.90 Å². The number of aromatic carboxylic acids is 1. The minimum atomic E-state index is -0.977. The molecule has 5 aromatic rings. The first-order valence-corrected chi connectivity index (χ1v) is 10.0. The summed E-state index contributed by atoms with van der Waals surface area (Å²) in [5.74, 6) is -0.977. The summed E-state index contributed by atoms with van der Waals surface area (Å²) in [6.07, 6.45) is 1.75. The Hall–Kier alpha value is -3.36. The van der Waals surface area contributed by atoms with Crippen LogP contribution in [-0.4, -0.2) is 25.4 Å². The Morgan fingerprint density at radius 2 is 1.96 bits per heavy atom. The van der Waals surface area contributed by atoms with Crippen molar-refractivity contribution in [1.29, 1.82) is 0 Å². The lowest BCUT2D eigenvalue weighted by Crippen LogP contribution is -2.22. The number of rotatable bonds is 3. The molecule has 28 heavy (non-hydrogen) atoms. The van der Waals surface area contributed by atoms with E-state index in [9.17, 15) is 9.59 Å². The van der Waals surface area contributed by atoms with E-state index in [1.807, 2.05) is 35.7 Å². The van der Waals surface area contributed by atoms with Gasteiger partial charge in [0.15, 0.2) is 4.96 Å². The molecule has 6 nitrogen and oxygen atoms in total. The molecule has 8 heteroatoms. The van der Waals surface area contributed by atoms with Crippen LogP contribution in [0.4, 0.5) is 0 Å². The molecule has 0 spiro atoms. The Balaban J connectivity index is 1.59. The molecule has 0 unspecified atom stereocenters. The van der Waals surface area contributed by atoms with Gasteiger partial charge in [-0.3, -0.25) is 4.79 Å². The van der Waals surface area contributed by atoms with Gasteiger partial charge in [0.2, 0.25) is 0 Å². The quantitative estimate of drug-likeness (QED) is 0.498. The second-order valence-electron chi connectivity index (χ2n) is 6.10. The molecule has 3 aromatic heterocycles. The van der Waals surface area contributed by atoms with Crippen LogP contribution in [0.25, 0.3) is 32.6 Å². The normalized spacial score (nSPS) is 12.2. The molecule has 136 valence electrons. The number of hydrogen-bond donors (Lipinski definition) is 1. The molecule has 0 aliphatic heterocycles. The van der Waals surface area contributed by atoms with Gasteiger partial charge in [-0.2, -0.15) is 0 Å². The van der Waals surface area contributed by atoms with Crippen LogP contribution in [-0.2, 0) is 0 Å². The molecule has 0 amide bonds. The summed E-state index contributed by atoms with van der Waals surface area (Å²) < 4.78 is 2.18. The summed E-state index contributed by atoms with van der Waals surface area (Å²) >= 11 is 2.73. The van der Waals surface area contributed by atoms with Crippen molar-refractivity contribution in [1.82, 2.24) is 14.4 Å². The number of fused-ring (bicyclic) bond motifs is 3. The van der Waals surface area contributed by atoms with Crippen LogP contribution in [0.1, 0.15) is 16.1 Å². The molecule has 1 N–H and O–H groups in total. The molecule has 0 radical (unpaired) electrons. The Morgan fingerprint density at radius 3 is 2.82 bits per heavy atom. The van der Waals surface area contributed by atoms with E-state index in [4.69, 9.17) is 5.11 Å². The molecular weight excluding hydrogens is 394 g/mol. The monoisotopic (exact) mass is 405 g/mol. The maximum atomic E-state index is 12.8. The Kier molecular flexibility index (Phi) is 3.81. The summed E-state index contributed by atoms with van der Waals surface area (Å²) in [7, 11) is 0. The van der Waals surface area contributed by atoms with E-state index in [1.54, 1.807) is 28.7 Å². The van der Waals surface area contributed by atoms with Gasteiger partial charge in [-0.15, -0.1) is 11.3 Å². The topological polar surface area (TPSA) is 84.6 Å². The largest absolute Gasteiger partial charge is 0.478 e. The summed E-state index contributed by atoms with van der Waals surface area (Å²) in [4.78, 5) is 33.7. The van der Waals surface area contributed by atoms with Crippen molar-refractivity contribution in [2.45, 2.75) is 0 Å². The van der Waals surface area contributed by atoms with Gasteiger partial charge in [-0.1, -0.05) is 35.6 Å². The summed E-state index contributed by atoms with van der Waals surface area (Å²) in [6, 6.07) is 14.2. The zero-order valence-corrected chi connectivity index (χ0v) is 15.8. The Labute approximate surface area is 165 Å². The van der Waals surface area contributed by atoms with Gasteiger partial charge in [-0.05, 0) is 30.3 Å². The summed E-state index contributed by atoms with van der Waals surface area (Å²) in [5, 5.41) is 11.7. The lowest BCUT2D eigenvalue weighted by molar-refractivity contribution is 0.0697. The first kappa shape index (κ1) is 16.8. The number of imidazole rings is 1. The number of nitrogens with zero attached hydrogens (tertiary/aromatic N) is 3. The van der Waals surface area contributed by atoms with Gasteiger partial charge in [0.05, 0.1) is 26.8 Å². The smallest absolute Gasteiger partial charge is 0.335 e. The van der Waals surface area contributed by atoms with E-state index in [1.165, 1.54) is 22.7 Å². The number of hydrogen-bond acceptors (Lipinski definition) is 6. The number of carbonyl (C=O) groups is 1. The molecule has 5 rings (SSSR count). The average Bonchev–Trinajstić information content (AvgIpc) is 3.38. The molecule has 0 aliphatic carbocycles. The standard InChI is InChI=1S/C20H11N3O3S2/c24-18-16(28-20-22-14-6-1-2-7-15(14)23(18)20)9-13-10-27-17(21-13)11-4-3-5-12(8-11)19(25)26/h1-10H,(H,25,26)/b16-9-. The van der Waals surface area contributed by atoms with Gasteiger partial charge >= 0.3 is 5.97 Å². The number of thiazole rings is 2. The van der Waals surface area contributed by atoms with E-state index in [0.29, 0.717) is 20.2 Å². The van der Waals surface area contributed by atoms with Crippen molar-refractivity contribution >= 4 is 50.7 Å². The molecule has 0 atom stereocenters. The molecule has 3 heterocycles. The highest BCUT2D eigenvalue weighted by Crippen LogP contribution is 2.25. The number of aromatic nitrogens is 3. The van der Waals surface area contributed by atoms with E-state index in [-0.39, 0.29) is 11.1 Å². The third kappa shape index (κ3) is 2.70. The first-order chi connectivity index (χ1) is 13.6. The molecule has 0 saturated carbocycles. The van der Waals surface area contributed by atoms with Gasteiger partial charge in [-0.25, -0.2) is 19.2 Å². The lowest BCUT2D eigenvalue weighted by Gasteiger charge is -1.98. The van der Waals surface area contributed by atoms with Crippen LogP contribution in [0.2, 0.25) is 0 Å². The fraction of sp³-hybridized carbons (Fsp3) is 0. The molecule has 2 aromatic carbocycles. The highest BCUT2D eigenvalue weighted by atomic mass is 32.1. The maximum Gasteiger partial charge on any atom is 0.335 e. The van der Waals surface area contributed by atoms with E-state index >= 15 is 0 Å². The number of carboxylic acids is 1. The molecule has 0 bridgehead atoms. The number of benzene rings is 2. The second-order valence-corrected chi connectivity index (χ2v) is 7.96. The van der Waals surface area contributed by atoms with Crippen LogP contribution in [0.5, 0.6) is 0 Å². The van der Waals surface area contributed by atoms with E-state index < -0.39 is 5.97 Å².